The van der Waals surface area contributed by atoms with Gasteiger partial charge in [0.05, 0.1) is 17.9 Å². The Morgan fingerprint density at radius 2 is 1.75 bits per heavy atom. The van der Waals surface area contributed by atoms with Crippen LogP contribution in [0.25, 0.3) is 6.08 Å². The number of rotatable bonds is 4. The molecule has 1 saturated heterocycles. The van der Waals surface area contributed by atoms with Gasteiger partial charge in [-0.05, 0) is 62.8 Å². The van der Waals surface area contributed by atoms with Crippen molar-refractivity contribution in [1.29, 1.82) is 0 Å². The van der Waals surface area contributed by atoms with Gasteiger partial charge in [-0.3, -0.25) is 24.5 Å². The molecule has 0 spiro atoms. The Kier molecular flexibility index (Phi) is 5.95. The van der Waals surface area contributed by atoms with E-state index in [4.69, 9.17) is 23.8 Å². The summed E-state index contributed by atoms with van der Waals surface area (Å²) in [7, 11) is 0. The van der Waals surface area contributed by atoms with E-state index >= 15 is 0 Å². The van der Waals surface area contributed by atoms with E-state index in [1.807, 2.05) is 61.9 Å². The first-order chi connectivity index (χ1) is 15.3. The van der Waals surface area contributed by atoms with Gasteiger partial charge in [-0.2, -0.15) is 5.10 Å². The molecule has 2 amide bonds. The first-order valence-electron chi connectivity index (χ1n) is 10.0. The Morgan fingerprint density at radius 1 is 1.06 bits per heavy atom. The largest absolute Gasteiger partial charge is 0.298 e. The van der Waals surface area contributed by atoms with Gasteiger partial charge in [-0.1, -0.05) is 47.5 Å². The molecule has 162 valence electrons. The average Bonchev–Trinajstić information content (AvgIpc) is 3.01. The highest BCUT2D eigenvalue weighted by molar-refractivity contribution is 7.80. The number of nitrogens with one attached hydrogen (secondary N) is 1. The zero-order chi connectivity index (χ0) is 23.0. The van der Waals surface area contributed by atoms with Crippen LogP contribution in [0.15, 0.2) is 54.1 Å². The number of nitrogens with zero attached hydrogens (tertiary/aromatic N) is 3. The molecule has 8 heteroatoms. The zero-order valence-corrected chi connectivity index (χ0v) is 19.4. The Balaban J connectivity index is 1.71. The molecule has 2 heterocycles. The number of amides is 2. The monoisotopic (exact) mass is 464 g/mol. The van der Waals surface area contributed by atoms with Gasteiger partial charge in [0.25, 0.3) is 11.8 Å². The van der Waals surface area contributed by atoms with Crippen molar-refractivity contribution in [3.8, 4) is 0 Å². The van der Waals surface area contributed by atoms with Crippen molar-refractivity contribution in [2.24, 2.45) is 0 Å². The number of carbonyl (C=O) groups excluding carboxylic acids is 2. The Morgan fingerprint density at radius 3 is 2.44 bits per heavy atom. The molecule has 3 aromatic rings. The molecular weight excluding hydrogens is 444 g/mol. The highest BCUT2D eigenvalue weighted by Gasteiger charge is 2.34. The fourth-order valence-electron chi connectivity index (χ4n) is 3.59. The smallest absolute Gasteiger partial charge is 0.270 e. The number of carbonyl (C=O) groups is 2. The third-order valence-electron chi connectivity index (χ3n) is 5.40. The number of hydrogen-bond acceptors (Lipinski definition) is 4. The molecule has 6 nitrogen and oxygen atoms in total. The molecule has 1 aliphatic rings. The highest BCUT2D eigenvalue weighted by Crippen LogP contribution is 2.25. The van der Waals surface area contributed by atoms with E-state index in [0.29, 0.717) is 28.5 Å². The second kappa shape index (κ2) is 8.68. The molecule has 1 aromatic heterocycles. The van der Waals surface area contributed by atoms with Gasteiger partial charge in [0.1, 0.15) is 5.57 Å². The van der Waals surface area contributed by atoms with Crippen molar-refractivity contribution in [3.63, 3.8) is 0 Å². The summed E-state index contributed by atoms with van der Waals surface area (Å²) in [5.41, 5.74) is 4.83. The van der Waals surface area contributed by atoms with Gasteiger partial charge in [-0.25, -0.2) is 0 Å². The minimum absolute atomic E-state index is 0.00247. The van der Waals surface area contributed by atoms with E-state index in [0.717, 1.165) is 16.8 Å². The van der Waals surface area contributed by atoms with E-state index < -0.39 is 11.8 Å². The van der Waals surface area contributed by atoms with Gasteiger partial charge in [0.15, 0.2) is 5.11 Å². The summed E-state index contributed by atoms with van der Waals surface area (Å²) < 4.78 is 1.82. The van der Waals surface area contributed by atoms with Crippen LogP contribution >= 0.6 is 23.8 Å². The van der Waals surface area contributed by atoms with E-state index in [1.54, 1.807) is 18.2 Å². The average molecular weight is 465 g/mol. The Labute approximate surface area is 196 Å². The van der Waals surface area contributed by atoms with E-state index in [9.17, 15) is 9.59 Å². The summed E-state index contributed by atoms with van der Waals surface area (Å²) >= 11 is 11.6. The maximum atomic E-state index is 13.3. The van der Waals surface area contributed by atoms with Crippen molar-refractivity contribution in [2.45, 2.75) is 27.3 Å². The lowest BCUT2D eigenvalue weighted by Gasteiger charge is -2.29. The Hall–Kier alpha value is -3.29. The Bertz CT molecular complexity index is 1280. The SMILES string of the molecule is Cc1ccc(N2C(=O)/C(=C/c3c(C)nn(Cc4ccccc4Cl)c3C)C(=O)NC2=S)cc1. The fraction of sp³-hybridized carbons (Fsp3) is 0.167. The van der Waals surface area contributed by atoms with Crippen molar-refractivity contribution in [3.05, 3.63) is 87.2 Å². The van der Waals surface area contributed by atoms with Crippen LogP contribution in [0.2, 0.25) is 5.02 Å². The van der Waals surface area contributed by atoms with Crippen LogP contribution in [-0.2, 0) is 16.1 Å². The summed E-state index contributed by atoms with van der Waals surface area (Å²) in [5, 5.41) is 7.93. The molecule has 2 aromatic carbocycles. The summed E-state index contributed by atoms with van der Waals surface area (Å²) in [4.78, 5) is 27.3. The number of hydrogen-bond donors (Lipinski definition) is 1. The third kappa shape index (κ3) is 4.09. The summed E-state index contributed by atoms with van der Waals surface area (Å²) in [6.07, 6.45) is 1.58. The van der Waals surface area contributed by atoms with Crippen LogP contribution in [0.1, 0.15) is 28.1 Å². The third-order valence-corrected chi connectivity index (χ3v) is 6.05. The second-order valence-corrected chi connectivity index (χ2v) is 8.42. The van der Waals surface area contributed by atoms with Crippen molar-refractivity contribution in [2.75, 3.05) is 4.90 Å². The van der Waals surface area contributed by atoms with Crippen LogP contribution in [0.5, 0.6) is 0 Å². The minimum Gasteiger partial charge on any atom is -0.298 e. The number of aryl methyl sites for hydroxylation is 2. The molecule has 1 fully saturated rings. The van der Waals surface area contributed by atoms with Gasteiger partial charge >= 0.3 is 0 Å². The van der Waals surface area contributed by atoms with E-state index in [1.165, 1.54) is 4.90 Å². The standard InChI is InChI=1S/C24H21ClN4O2S/c1-14-8-10-18(11-9-14)29-23(31)20(22(30)26-24(29)32)12-19-15(2)27-28(16(19)3)13-17-6-4-5-7-21(17)25/h4-12H,13H2,1-3H3,(H,26,30,32)/b20-12+. The zero-order valence-electron chi connectivity index (χ0n) is 17.8. The summed E-state index contributed by atoms with van der Waals surface area (Å²) in [5.74, 6) is -0.999. The molecule has 0 saturated carbocycles. The number of aromatic nitrogens is 2. The predicted molar refractivity (Wildman–Crippen MR) is 130 cm³/mol. The van der Waals surface area contributed by atoms with Crippen LogP contribution < -0.4 is 10.2 Å². The van der Waals surface area contributed by atoms with Crippen molar-refractivity contribution in [1.82, 2.24) is 15.1 Å². The van der Waals surface area contributed by atoms with Gasteiger partial charge < -0.3 is 0 Å². The molecule has 1 N–H and O–H groups in total. The van der Waals surface area contributed by atoms with Gasteiger partial charge in [0.2, 0.25) is 0 Å². The van der Waals surface area contributed by atoms with Crippen LogP contribution in [0, 0.1) is 20.8 Å². The van der Waals surface area contributed by atoms with Gasteiger partial charge in [-0.15, -0.1) is 0 Å². The molecular formula is C24H21ClN4O2S. The van der Waals surface area contributed by atoms with E-state index in [2.05, 4.69) is 10.4 Å². The lowest BCUT2D eigenvalue weighted by Crippen LogP contribution is -2.54. The van der Waals surface area contributed by atoms with Crippen molar-refractivity contribution >= 4 is 52.5 Å². The molecule has 4 rings (SSSR count). The molecule has 0 atom stereocenters. The predicted octanol–water partition coefficient (Wildman–Crippen LogP) is 4.34. The summed E-state index contributed by atoms with van der Waals surface area (Å²) in [6.45, 7) is 6.18. The van der Waals surface area contributed by atoms with Crippen LogP contribution in [-0.4, -0.2) is 26.7 Å². The maximum Gasteiger partial charge on any atom is 0.270 e. The molecule has 0 unspecified atom stereocenters. The van der Waals surface area contributed by atoms with Crippen molar-refractivity contribution < 1.29 is 9.59 Å². The quantitative estimate of drug-likeness (QED) is 0.354. The topological polar surface area (TPSA) is 67.2 Å². The first-order valence-corrected chi connectivity index (χ1v) is 10.8. The molecule has 1 aliphatic heterocycles. The normalized spacial score (nSPS) is 15.4. The molecule has 32 heavy (non-hydrogen) atoms. The lowest BCUT2D eigenvalue weighted by atomic mass is 10.1. The minimum atomic E-state index is -0.527. The maximum absolute atomic E-state index is 13.3. The number of thiocarbonyl (C=S) groups is 1. The highest BCUT2D eigenvalue weighted by atomic mass is 35.5. The summed E-state index contributed by atoms with van der Waals surface area (Å²) in [6, 6.07) is 14.9. The molecule has 0 radical (unpaired) electrons. The van der Waals surface area contributed by atoms with Crippen LogP contribution in [0.4, 0.5) is 5.69 Å². The first kappa shape index (κ1) is 21.9. The number of anilines is 1. The van der Waals surface area contributed by atoms with E-state index in [-0.39, 0.29) is 10.7 Å². The number of halogens is 1. The van der Waals surface area contributed by atoms with Gasteiger partial charge in [0, 0.05) is 16.3 Å². The molecule has 0 aliphatic carbocycles. The fourth-order valence-corrected chi connectivity index (χ4v) is 4.07. The molecule has 0 bridgehead atoms. The second-order valence-electron chi connectivity index (χ2n) is 7.63. The lowest BCUT2D eigenvalue weighted by molar-refractivity contribution is -0.122. The number of benzene rings is 2. The van der Waals surface area contributed by atoms with Crippen LogP contribution in [0.3, 0.4) is 0 Å².